The van der Waals surface area contributed by atoms with Crippen molar-refractivity contribution in [1.82, 2.24) is 5.32 Å². The zero-order valence-corrected chi connectivity index (χ0v) is 10.1. The summed E-state index contributed by atoms with van der Waals surface area (Å²) in [5.41, 5.74) is 4.97. The van der Waals surface area contributed by atoms with Crippen LogP contribution in [-0.4, -0.2) is 36.2 Å². The van der Waals surface area contributed by atoms with Crippen LogP contribution in [0.25, 0.3) is 0 Å². The highest BCUT2D eigenvalue weighted by Gasteiger charge is 2.21. The van der Waals surface area contributed by atoms with E-state index >= 15 is 0 Å². The van der Waals surface area contributed by atoms with Crippen molar-refractivity contribution in [3.8, 4) is 0 Å². The molecule has 15 heavy (non-hydrogen) atoms. The van der Waals surface area contributed by atoms with E-state index in [0.717, 1.165) is 5.75 Å². The molecule has 0 fully saturated rings. The van der Waals surface area contributed by atoms with Crippen LogP contribution in [0.1, 0.15) is 20.3 Å². The summed E-state index contributed by atoms with van der Waals surface area (Å²) in [6.45, 7) is 3.52. The quantitative estimate of drug-likeness (QED) is 0.664. The van der Waals surface area contributed by atoms with Gasteiger partial charge < -0.3 is 15.8 Å². The first-order valence-corrected chi connectivity index (χ1v) is 6.12. The lowest BCUT2D eigenvalue weighted by molar-refractivity contribution is -0.149. The topological polar surface area (TPSA) is 81.4 Å². The molecule has 2 amide bonds. The largest absolute Gasteiger partial charge is 0.461 e. The Morgan fingerprint density at radius 1 is 1.47 bits per heavy atom. The number of amides is 2. The van der Waals surface area contributed by atoms with E-state index in [1.807, 2.05) is 6.26 Å². The van der Waals surface area contributed by atoms with Gasteiger partial charge in [0.2, 0.25) is 0 Å². The van der Waals surface area contributed by atoms with E-state index in [1.54, 1.807) is 25.6 Å². The molecule has 0 heterocycles. The van der Waals surface area contributed by atoms with Gasteiger partial charge in [0.1, 0.15) is 6.04 Å². The lowest BCUT2D eigenvalue weighted by Crippen LogP contribution is -2.45. The maximum Gasteiger partial charge on any atom is 0.328 e. The van der Waals surface area contributed by atoms with Gasteiger partial charge in [0.15, 0.2) is 0 Å². The lowest BCUT2D eigenvalue weighted by atomic mass is 10.2. The molecule has 6 heteroatoms. The average molecular weight is 234 g/mol. The second kappa shape index (κ2) is 7.39. The predicted octanol–water partition coefficient (Wildman–Crippen LogP) is 0.728. The number of carbonyl (C=O) groups is 2. The zero-order valence-electron chi connectivity index (χ0n) is 9.28. The number of hydrogen-bond donors (Lipinski definition) is 2. The highest BCUT2D eigenvalue weighted by atomic mass is 32.2. The summed E-state index contributed by atoms with van der Waals surface area (Å²) in [7, 11) is 0. The fraction of sp³-hybridized carbons (Fsp3) is 0.778. The Morgan fingerprint density at radius 3 is 2.47 bits per heavy atom. The summed E-state index contributed by atoms with van der Waals surface area (Å²) in [6.07, 6.45) is 2.26. The normalized spacial score (nSPS) is 12.3. The molecule has 0 aliphatic heterocycles. The van der Waals surface area contributed by atoms with Gasteiger partial charge >= 0.3 is 12.0 Å². The molecule has 3 N–H and O–H groups in total. The van der Waals surface area contributed by atoms with Gasteiger partial charge in [0, 0.05) is 0 Å². The molecule has 0 bridgehead atoms. The molecular formula is C9H18N2O3S. The number of carbonyl (C=O) groups excluding carboxylic acids is 2. The third kappa shape index (κ3) is 7.07. The fourth-order valence-corrected chi connectivity index (χ4v) is 1.44. The second-order valence-electron chi connectivity index (χ2n) is 3.33. The number of thioether (sulfide) groups is 1. The molecular weight excluding hydrogens is 216 g/mol. The Bertz CT molecular complexity index is 221. The first-order valence-electron chi connectivity index (χ1n) is 4.72. The van der Waals surface area contributed by atoms with Gasteiger partial charge in [-0.3, -0.25) is 0 Å². The molecule has 88 valence electrons. The lowest BCUT2D eigenvalue weighted by Gasteiger charge is -2.17. The van der Waals surface area contributed by atoms with Crippen LogP contribution in [0.15, 0.2) is 0 Å². The van der Waals surface area contributed by atoms with Crippen LogP contribution in [0.2, 0.25) is 0 Å². The van der Waals surface area contributed by atoms with Gasteiger partial charge in [0.05, 0.1) is 6.10 Å². The van der Waals surface area contributed by atoms with E-state index in [-0.39, 0.29) is 6.10 Å². The first-order chi connectivity index (χ1) is 6.97. The van der Waals surface area contributed by atoms with E-state index in [9.17, 15) is 9.59 Å². The van der Waals surface area contributed by atoms with Crippen LogP contribution in [-0.2, 0) is 9.53 Å². The van der Waals surface area contributed by atoms with Gasteiger partial charge in [-0.05, 0) is 32.3 Å². The monoisotopic (exact) mass is 234 g/mol. The summed E-state index contributed by atoms with van der Waals surface area (Å²) in [6, 6.07) is -1.35. The van der Waals surface area contributed by atoms with Crippen molar-refractivity contribution in [2.24, 2.45) is 5.73 Å². The second-order valence-corrected chi connectivity index (χ2v) is 4.31. The summed E-state index contributed by atoms with van der Waals surface area (Å²) in [5.74, 6) is 0.329. The smallest absolute Gasteiger partial charge is 0.328 e. The molecule has 0 aromatic heterocycles. The summed E-state index contributed by atoms with van der Waals surface area (Å²) < 4.78 is 4.99. The van der Waals surface area contributed by atoms with Crippen LogP contribution in [0.4, 0.5) is 4.79 Å². The molecule has 0 saturated heterocycles. The maximum absolute atomic E-state index is 11.5. The number of nitrogens with one attached hydrogen (secondary N) is 1. The van der Waals surface area contributed by atoms with E-state index in [2.05, 4.69) is 5.32 Å². The summed E-state index contributed by atoms with van der Waals surface area (Å²) >= 11 is 1.59. The first kappa shape index (κ1) is 14.1. The van der Waals surface area contributed by atoms with Crippen molar-refractivity contribution < 1.29 is 14.3 Å². The van der Waals surface area contributed by atoms with Crippen molar-refractivity contribution in [2.75, 3.05) is 12.0 Å². The molecule has 1 atom stereocenters. The zero-order chi connectivity index (χ0) is 11.8. The summed E-state index contributed by atoms with van der Waals surface area (Å²) in [5, 5.41) is 2.37. The van der Waals surface area contributed by atoms with Crippen molar-refractivity contribution >= 4 is 23.8 Å². The number of urea groups is 1. The highest BCUT2D eigenvalue weighted by Crippen LogP contribution is 2.04. The molecule has 0 aromatic rings. The fourth-order valence-electron chi connectivity index (χ4n) is 0.971. The highest BCUT2D eigenvalue weighted by molar-refractivity contribution is 7.98. The van der Waals surface area contributed by atoms with Gasteiger partial charge in [-0.2, -0.15) is 11.8 Å². The SMILES string of the molecule is CSCCC(NC(N)=O)C(=O)OC(C)C. The molecule has 0 aromatic carbocycles. The minimum Gasteiger partial charge on any atom is -0.461 e. The average Bonchev–Trinajstić information content (AvgIpc) is 2.10. The van der Waals surface area contributed by atoms with Gasteiger partial charge in [-0.15, -0.1) is 0 Å². The van der Waals surface area contributed by atoms with Gasteiger partial charge in [-0.25, -0.2) is 9.59 Å². The minimum absolute atomic E-state index is 0.191. The molecule has 0 radical (unpaired) electrons. The third-order valence-electron chi connectivity index (χ3n) is 1.56. The molecule has 5 nitrogen and oxygen atoms in total. The Hall–Kier alpha value is -0.910. The minimum atomic E-state index is -0.707. The van der Waals surface area contributed by atoms with Gasteiger partial charge in [-0.1, -0.05) is 0 Å². The molecule has 0 spiro atoms. The van der Waals surface area contributed by atoms with Crippen LogP contribution < -0.4 is 11.1 Å². The van der Waals surface area contributed by atoms with Crippen molar-refractivity contribution in [2.45, 2.75) is 32.4 Å². The third-order valence-corrected chi connectivity index (χ3v) is 2.21. The summed E-state index contributed by atoms with van der Waals surface area (Å²) in [4.78, 5) is 22.2. The Kier molecular flexibility index (Phi) is 6.94. The van der Waals surface area contributed by atoms with Crippen molar-refractivity contribution in [3.63, 3.8) is 0 Å². The van der Waals surface area contributed by atoms with E-state index in [0.29, 0.717) is 6.42 Å². The molecule has 0 saturated carbocycles. The molecule has 1 unspecified atom stereocenters. The van der Waals surface area contributed by atoms with Crippen LogP contribution in [0.3, 0.4) is 0 Å². The standard InChI is InChI=1S/C9H18N2O3S/c1-6(2)14-8(12)7(4-5-15-3)11-9(10)13/h6-7H,4-5H2,1-3H3,(H3,10,11,13). The van der Waals surface area contributed by atoms with Crippen LogP contribution in [0, 0.1) is 0 Å². The van der Waals surface area contributed by atoms with Crippen molar-refractivity contribution in [1.29, 1.82) is 0 Å². The predicted molar refractivity (Wildman–Crippen MR) is 60.7 cm³/mol. The number of nitrogens with two attached hydrogens (primary N) is 1. The van der Waals surface area contributed by atoms with Crippen LogP contribution in [0.5, 0.6) is 0 Å². The van der Waals surface area contributed by atoms with Crippen LogP contribution >= 0.6 is 11.8 Å². The number of primary amides is 1. The molecule has 0 rings (SSSR count). The number of esters is 1. The molecule has 0 aliphatic carbocycles. The van der Waals surface area contributed by atoms with Gasteiger partial charge in [0.25, 0.3) is 0 Å². The van der Waals surface area contributed by atoms with E-state index in [1.165, 1.54) is 0 Å². The van der Waals surface area contributed by atoms with E-state index in [4.69, 9.17) is 10.5 Å². The Morgan fingerprint density at radius 2 is 2.07 bits per heavy atom. The number of ether oxygens (including phenoxy) is 1. The Balaban J connectivity index is 4.20. The van der Waals surface area contributed by atoms with Crippen molar-refractivity contribution in [3.05, 3.63) is 0 Å². The maximum atomic E-state index is 11.5. The number of hydrogen-bond acceptors (Lipinski definition) is 4. The molecule has 0 aliphatic rings. The Labute approximate surface area is 94.1 Å². The number of rotatable bonds is 6. The van der Waals surface area contributed by atoms with E-state index < -0.39 is 18.0 Å².